The van der Waals surface area contributed by atoms with Gasteiger partial charge in [0.1, 0.15) is 0 Å². The van der Waals surface area contributed by atoms with Crippen molar-refractivity contribution in [2.24, 2.45) is 10.8 Å². The van der Waals surface area contributed by atoms with Crippen LogP contribution in [0.1, 0.15) is 53.4 Å². The first-order valence-electron chi connectivity index (χ1n) is 7.08. The van der Waals surface area contributed by atoms with Gasteiger partial charge in [-0.15, -0.1) is 0 Å². The van der Waals surface area contributed by atoms with Crippen LogP contribution < -0.4 is 0 Å². The summed E-state index contributed by atoms with van der Waals surface area (Å²) in [5.41, 5.74) is 1.13. The summed E-state index contributed by atoms with van der Waals surface area (Å²) in [6.45, 7) is 13.3. The van der Waals surface area contributed by atoms with E-state index in [0.29, 0.717) is 5.82 Å². The van der Waals surface area contributed by atoms with Crippen molar-refractivity contribution in [1.82, 2.24) is 10.1 Å². The molecule has 3 nitrogen and oxygen atoms in total. The Morgan fingerprint density at radius 3 is 1.95 bits per heavy atom. The molecule has 1 heterocycles. The van der Waals surface area contributed by atoms with E-state index in [4.69, 9.17) is 4.52 Å². The summed E-state index contributed by atoms with van der Waals surface area (Å²) in [6.07, 6.45) is 0. The van der Waals surface area contributed by atoms with Gasteiger partial charge in [0.15, 0.2) is 0 Å². The first-order chi connectivity index (χ1) is 9.19. The zero-order chi connectivity index (χ0) is 15.0. The molecule has 0 aliphatic rings. The van der Waals surface area contributed by atoms with Crippen molar-refractivity contribution in [3.8, 4) is 11.4 Å². The summed E-state index contributed by atoms with van der Waals surface area (Å²) < 4.78 is 5.57. The molecule has 0 N–H and O–H groups in total. The third kappa shape index (κ3) is 3.09. The van der Waals surface area contributed by atoms with Crippen LogP contribution in [0.4, 0.5) is 0 Å². The fourth-order valence-corrected chi connectivity index (χ4v) is 3.10. The van der Waals surface area contributed by atoms with Gasteiger partial charge in [-0.05, 0) is 10.8 Å². The minimum atomic E-state index is 0.0682. The lowest BCUT2D eigenvalue weighted by Gasteiger charge is -2.37. The van der Waals surface area contributed by atoms with Gasteiger partial charge in [-0.3, -0.25) is 0 Å². The Hall–Kier alpha value is -1.64. The van der Waals surface area contributed by atoms with Gasteiger partial charge < -0.3 is 4.52 Å². The van der Waals surface area contributed by atoms with Crippen LogP contribution in [0, 0.1) is 10.8 Å². The SMILES string of the molecule is CC(C)(C)C(c1nc(-c2ccccc2)no1)C(C)(C)C. The molecule has 0 radical (unpaired) electrons. The predicted molar refractivity (Wildman–Crippen MR) is 81.4 cm³/mol. The molecule has 0 aliphatic heterocycles. The molecule has 0 spiro atoms. The Morgan fingerprint density at radius 1 is 0.900 bits per heavy atom. The van der Waals surface area contributed by atoms with Crippen molar-refractivity contribution < 1.29 is 4.52 Å². The number of rotatable bonds is 2. The molecule has 0 unspecified atom stereocenters. The normalized spacial score (nSPS) is 12.9. The van der Waals surface area contributed by atoms with Gasteiger partial charge in [0, 0.05) is 11.5 Å². The summed E-state index contributed by atoms with van der Waals surface area (Å²) >= 11 is 0. The van der Waals surface area contributed by atoms with Crippen molar-refractivity contribution in [2.75, 3.05) is 0 Å². The fourth-order valence-electron chi connectivity index (χ4n) is 3.10. The standard InChI is InChI=1S/C17H24N2O/c1-16(2,3)13(17(4,5)6)15-18-14(19-20-15)12-10-8-7-9-11-12/h7-11,13H,1-6H3. The van der Waals surface area contributed by atoms with Gasteiger partial charge >= 0.3 is 0 Å². The van der Waals surface area contributed by atoms with Crippen LogP contribution >= 0.6 is 0 Å². The molecule has 0 atom stereocenters. The Morgan fingerprint density at radius 2 is 1.45 bits per heavy atom. The van der Waals surface area contributed by atoms with Gasteiger partial charge in [0.2, 0.25) is 11.7 Å². The number of hydrogen-bond acceptors (Lipinski definition) is 3. The van der Waals surface area contributed by atoms with E-state index >= 15 is 0 Å². The lowest BCUT2D eigenvalue weighted by Crippen LogP contribution is -2.30. The number of hydrogen-bond donors (Lipinski definition) is 0. The Bertz CT molecular complexity index is 545. The maximum Gasteiger partial charge on any atom is 0.231 e. The Kier molecular flexibility index (Phi) is 3.72. The van der Waals surface area contributed by atoms with E-state index < -0.39 is 0 Å². The lowest BCUT2D eigenvalue weighted by molar-refractivity contribution is 0.137. The number of nitrogens with zero attached hydrogens (tertiary/aromatic N) is 2. The van der Waals surface area contributed by atoms with Crippen molar-refractivity contribution in [1.29, 1.82) is 0 Å². The van der Waals surface area contributed by atoms with E-state index in [1.54, 1.807) is 0 Å². The van der Waals surface area contributed by atoms with Crippen LogP contribution in [-0.2, 0) is 0 Å². The van der Waals surface area contributed by atoms with Crippen molar-refractivity contribution in [2.45, 2.75) is 47.5 Å². The minimum Gasteiger partial charge on any atom is -0.339 e. The minimum absolute atomic E-state index is 0.0682. The molecular formula is C17H24N2O. The van der Waals surface area contributed by atoms with E-state index in [1.807, 2.05) is 30.3 Å². The van der Waals surface area contributed by atoms with E-state index in [9.17, 15) is 0 Å². The molecule has 0 aliphatic carbocycles. The first-order valence-corrected chi connectivity index (χ1v) is 7.08. The summed E-state index contributed by atoms with van der Waals surface area (Å²) in [6, 6.07) is 9.94. The highest BCUT2D eigenvalue weighted by atomic mass is 16.5. The predicted octanol–water partition coefficient (Wildman–Crippen LogP) is 4.91. The first kappa shape index (κ1) is 14.8. The van der Waals surface area contributed by atoms with Gasteiger partial charge in [-0.2, -0.15) is 4.98 Å². The highest BCUT2D eigenvalue weighted by molar-refractivity contribution is 5.53. The van der Waals surface area contributed by atoms with Crippen LogP contribution in [0.5, 0.6) is 0 Å². The number of aromatic nitrogens is 2. The molecule has 1 aromatic heterocycles. The average molecular weight is 272 g/mol. The maximum absolute atomic E-state index is 5.57. The molecule has 108 valence electrons. The van der Waals surface area contributed by atoms with Gasteiger partial charge in [-0.25, -0.2) is 0 Å². The van der Waals surface area contributed by atoms with Gasteiger partial charge in [0.05, 0.1) is 0 Å². The third-order valence-corrected chi connectivity index (χ3v) is 3.45. The fraction of sp³-hybridized carbons (Fsp3) is 0.529. The van der Waals surface area contributed by atoms with Gasteiger partial charge in [0.25, 0.3) is 0 Å². The lowest BCUT2D eigenvalue weighted by atomic mass is 9.66. The summed E-state index contributed by atoms with van der Waals surface area (Å²) in [5, 5.41) is 4.15. The van der Waals surface area contributed by atoms with E-state index in [2.05, 4.69) is 51.7 Å². The zero-order valence-electron chi connectivity index (χ0n) is 13.3. The van der Waals surface area contributed by atoms with Crippen molar-refractivity contribution in [3.63, 3.8) is 0 Å². The van der Waals surface area contributed by atoms with Crippen LogP contribution in [0.15, 0.2) is 34.9 Å². The highest BCUT2D eigenvalue weighted by Gasteiger charge is 2.40. The molecular weight excluding hydrogens is 248 g/mol. The van der Waals surface area contributed by atoms with Crippen LogP contribution in [0.3, 0.4) is 0 Å². The topological polar surface area (TPSA) is 38.9 Å². The maximum atomic E-state index is 5.57. The second-order valence-electron chi connectivity index (χ2n) is 7.49. The molecule has 0 saturated carbocycles. The second-order valence-corrected chi connectivity index (χ2v) is 7.49. The average Bonchev–Trinajstić information content (AvgIpc) is 2.75. The zero-order valence-corrected chi connectivity index (χ0v) is 13.3. The molecule has 3 heteroatoms. The molecule has 0 saturated heterocycles. The van der Waals surface area contributed by atoms with Crippen molar-refractivity contribution >= 4 is 0 Å². The Labute approximate surface area is 121 Å². The van der Waals surface area contributed by atoms with E-state index in [0.717, 1.165) is 11.5 Å². The molecule has 2 aromatic rings. The third-order valence-electron chi connectivity index (χ3n) is 3.45. The molecule has 2 rings (SSSR count). The quantitative estimate of drug-likeness (QED) is 0.779. The van der Waals surface area contributed by atoms with Crippen LogP contribution in [0.2, 0.25) is 0 Å². The summed E-state index contributed by atoms with van der Waals surface area (Å²) in [7, 11) is 0. The second kappa shape index (κ2) is 5.04. The van der Waals surface area contributed by atoms with E-state index in [-0.39, 0.29) is 16.7 Å². The van der Waals surface area contributed by atoms with E-state index in [1.165, 1.54) is 0 Å². The molecule has 0 bridgehead atoms. The smallest absolute Gasteiger partial charge is 0.231 e. The molecule has 0 fully saturated rings. The van der Waals surface area contributed by atoms with Crippen molar-refractivity contribution in [3.05, 3.63) is 36.2 Å². The van der Waals surface area contributed by atoms with Crippen LogP contribution in [-0.4, -0.2) is 10.1 Å². The monoisotopic (exact) mass is 272 g/mol. The molecule has 1 aromatic carbocycles. The summed E-state index contributed by atoms with van der Waals surface area (Å²) in [5.74, 6) is 1.60. The molecule has 0 amide bonds. The largest absolute Gasteiger partial charge is 0.339 e. The molecule has 20 heavy (non-hydrogen) atoms. The van der Waals surface area contributed by atoms with Crippen LogP contribution in [0.25, 0.3) is 11.4 Å². The summed E-state index contributed by atoms with van der Waals surface area (Å²) in [4.78, 5) is 4.64. The Balaban J connectivity index is 2.41. The number of benzene rings is 1. The van der Waals surface area contributed by atoms with Gasteiger partial charge in [-0.1, -0.05) is 77.0 Å². The highest BCUT2D eigenvalue weighted by Crippen LogP contribution is 2.46.